The lowest BCUT2D eigenvalue weighted by Gasteiger charge is -2.09. The van der Waals surface area contributed by atoms with E-state index >= 15 is 0 Å². The molecule has 1 aromatic carbocycles. The number of thioether (sulfide) groups is 2. The fourth-order valence-corrected chi connectivity index (χ4v) is 2.77. The molecule has 1 aromatic heterocycles. The molecule has 1 heterocycles. The number of nitrogens with two attached hydrogens (primary N) is 1. The van der Waals surface area contributed by atoms with Crippen molar-refractivity contribution in [2.45, 2.75) is 9.79 Å². The van der Waals surface area contributed by atoms with Crippen LogP contribution in [0.3, 0.4) is 0 Å². The Balaban J connectivity index is 2.84. The maximum absolute atomic E-state index is 6.08. The van der Waals surface area contributed by atoms with E-state index in [-0.39, 0.29) is 0 Å². The highest BCUT2D eigenvalue weighted by molar-refractivity contribution is 7.99. The highest BCUT2D eigenvalue weighted by Gasteiger charge is 2.09. The van der Waals surface area contributed by atoms with Gasteiger partial charge in [0.15, 0.2) is 0 Å². The van der Waals surface area contributed by atoms with Gasteiger partial charge in [0, 0.05) is 21.4 Å². The summed E-state index contributed by atoms with van der Waals surface area (Å²) < 4.78 is 0. The van der Waals surface area contributed by atoms with Crippen molar-refractivity contribution < 1.29 is 0 Å². The van der Waals surface area contributed by atoms with Crippen LogP contribution < -0.4 is 5.73 Å². The molecule has 0 saturated heterocycles. The number of nitrogen functional groups attached to an aromatic ring is 1. The number of hydrogen-bond acceptors (Lipinski definition) is 4. The van der Waals surface area contributed by atoms with Crippen molar-refractivity contribution in [3.8, 4) is 0 Å². The van der Waals surface area contributed by atoms with Crippen LogP contribution in [0.1, 0.15) is 0 Å². The normalized spacial score (nSPS) is 10.8. The number of hydrogen-bond donors (Lipinski definition) is 1. The molecule has 0 fully saturated rings. The average Bonchev–Trinajstić information content (AvgIpc) is 2.30. The van der Waals surface area contributed by atoms with Gasteiger partial charge in [0.2, 0.25) is 0 Å². The Labute approximate surface area is 97.6 Å². The first kappa shape index (κ1) is 10.6. The molecule has 0 saturated carbocycles. The minimum absolute atomic E-state index is 0.836. The van der Waals surface area contributed by atoms with Gasteiger partial charge in [0.25, 0.3) is 0 Å². The molecule has 2 rings (SSSR count). The summed E-state index contributed by atoms with van der Waals surface area (Å²) in [4.78, 5) is 6.69. The number of pyridine rings is 1. The maximum Gasteiger partial charge on any atom is 0.0859 e. The molecule has 0 aliphatic rings. The zero-order chi connectivity index (χ0) is 10.8. The Morgan fingerprint density at radius 1 is 1.20 bits per heavy atom. The van der Waals surface area contributed by atoms with Gasteiger partial charge in [-0.05, 0) is 30.7 Å². The fourth-order valence-electron chi connectivity index (χ4n) is 1.54. The average molecular weight is 236 g/mol. The molecule has 2 N–H and O–H groups in total. The van der Waals surface area contributed by atoms with Crippen molar-refractivity contribution in [2.75, 3.05) is 18.2 Å². The molecule has 0 atom stereocenters. The van der Waals surface area contributed by atoms with Crippen molar-refractivity contribution in [3.63, 3.8) is 0 Å². The van der Waals surface area contributed by atoms with Crippen LogP contribution >= 0.6 is 23.5 Å². The minimum Gasteiger partial charge on any atom is -0.397 e. The topological polar surface area (TPSA) is 38.9 Å². The van der Waals surface area contributed by atoms with E-state index in [1.807, 2.05) is 18.4 Å². The van der Waals surface area contributed by atoms with Crippen LogP contribution in [0.15, 0.2) is 34.2 Å². The number of aromatic nitrogens is 1. The van der Waals surface area contributed by atoms with Crippen molar-refractivity contribution in [1.29, 1.82) is 0 Å². The molecule has 0 aliphatic heterocycles. The second-order valence-corrected chi connectivity index (χ2v) is 4.79. The number of fused-ring (bicyclic) bond motifs is 1. The van der Waals surface area contributed by atoms with Gasteiger partial charge in [-0.1, -0.05) is 0 Å². The number of rotatable bonds is 2. The summed E-state index contributed by atoms with van der Waals surface area (Å²) >= 11 is 3.38. The molecule has 2 aromatic rings. The molecule has 0 aliphatic carbocycles. The van der Waals surface area contributed by atoms with Gasteiger partial charge < -0.3 is 5.73 Å². The predicted octanol–water partition coefficient (Wildman–Crippen LogP) is 3.26. The SMILES string of the molecule is CSc1cc(SC)c2ncccc2c1N. The maximum atomic E-state index is 6.08. The van der Waals surface area contributed by atoms with E-state index in [1.165, 1.54) is 4.90 Å². The van der Waals surface area contributed by atoms with Gasteiger partial charge >= 0.3 is 0 Å². The van der Waals surface area contributed by atoms with Crippen LogP contribution in [0.25, 0.3) is 10.9 Å². The fraction of sp³-hybridized carbons (Fsp3) is 0.182. The first-order chi connectivity index (χ1) is 7.27. The van der Waals surface area contributed by atoms with Gasteiger partial charge in [-0.25, -0.2) is 0 Å². The van der Waals surface area contributed by atoms with E-state index in [4.69, 9.17) is 5.73 Å². The first-order valence-electron chi connectivity index (χ1n) is 4.53. The van der Waals surface area contributed by atoms with Crippen molar-refractivity contribution in [1.82, 2.24) is 4.98 Å². The second kappa shape index (κ2) is 4.33. The Kier molecular flexibility index (Phi) is 3.07. The largest absolute Gasteiger partial charge is 0.397 e. The van der Waals surface area contributed by atoms with Gasteiger partial charge in [0.1, 0.15) is 0 Å². The van der Waals surface area contributed by atoms with Crippen molar-refractivity contribution >= 4 is 40.1 Å². The van der Waals surface area contributed by atoms with Crippen LogP contribution in [-0.2, 0) is 0 Å². The lowest BCUT2D eigenvalue weighted by Crippen LogP contribution is -1.93. The van der Waals surface area contributed by atoms with Crippen LogP contribution in [-0.4, -0.2) is 17.5 Å². The summed E-state index contributed by atoms with van der Waals surface area (Å²) in [6.45, 7) is 0. The molecule has 78 valence electrons. The molecule has 0 unspecified atom stereocenters. The molecule has 2 nitrogen and oxygen atoms in total. The molecule has 0 radical (unpaired) electrons. The van der Waals surface area contributed by atoms with E-state index in [0.717, 1.165) is 21.5 Å². The van der Waals surface area contributed by atoms with Crippen LogP contribution in [0, 0.1) is 0 Å². The van der Waals surface area contributed by atoms with Gasteiger partial charge in [-0.15, -0.1) is 23.5 Å². The van der Waals surface area contributed by atoms with Gasteiger partial charge in [-0.3, -0.25) is 4.98 Å². The first-order valence-corrected chi connectivity index (χ1v) is 6.98. The van der Waals surface area contributed by atoms with E-state index in [1.54, 1.807) is 29.7 Å². The zero-order valence-corrected chi connectivity index (χ0v) is 10.3. The summed E-state index contributed by atoms with van der Waals surface area (Å²) in [6, 6.07) is 6.06. The molecule has 15 heavy (non-hydrogen) atoms. The molecule has 4 heteroatoms. The quantitative estimate of drug-likeness (QED) is 0.641. The molecule has 0 bridgehead atoms. The Hall–Kier alpha value is -0.870. The van der Waals surface area contributed by atoms with Gasteiger partial charge in [-0.2, -0.15) is 0 Å². The zero-order valence-electron chi connectivity index (χ0n) is 8.65. The van der Waals surface area contributed by atoms with Crippen LogP contribution in [0.2, 0.25) is 0 Å². The number of benzene rings is 1. The Morgan fingerprint density at radius 2 is 1.93 bits per heavy atom. The van der Waals surface area contributed by atoms with Crippen LogP contribution in [0.5, 0.6) is 0 Å². The third-order valence-corrected chi connectivity index (χ3v) is 3.83. The summed E-state index contributed by atoms with van der Waals surface area (Å²) in [5.41, 5.74) is 7.92. The summed E-state index contributed by atoms with van der Waals surface area (Å²) in [5.74, 6) is 0. The number of anilines is 1. The van der Waals surface area contributed by atoms with Crippen molar-refractivity contribution in [3.05, 3.63) is 24.4 Å². The predicted molar refractivity (Wildman–Crippen MR) is 69.7 cm³/mol. The van der Waals surface area contributed by atoms with Crippen LogP contribution in [0.4, 0.5) is 5.69 Å². The Bertz CT molecular complexity index is 497. The third kappa shape index (κ3) is 1.79. The summed E-state index contributed by atoms with van der Waals surface area (Å²) in [6.07, 6.45) is 5.90. The lowest BCUT2D eigenvalue weighted by molar-refractivity contribution is 1.31. The second-order valence-electron chi connectivity index (χ2n) is 3.09. The highest BCUT2D eigenvalue weighted by Crippen LogP contribution is 2.35. The smallest absolute Gasteiger partial charge is 0.0859 e. The highest BCUT2D eigenvalue weighted by atomic mass is 32.2. The minimum atomic E-state index is 0.836. The molecule has 0 spiro atoms. The standard InChI is InChI=1S/C11H12N2S2/c1-14-8-6-9(15-2)11-7(10(8)12)4-3-5-13-11/h3-6H,12H2,1-2H3. The molecular formula is C11H12N2S2. The van der Waals surface area contributed by atoms with Gasteiger partial charge in [0.05, 0.1) is 11.2 Å². The summed E-state index contributed by atoms with van der Waals surface area (Å²) in [5, 5.41) is 1.05. The third-order valence-electron chi connectivity index (χ3n) is 2.30. The lowest BCUT2D eigenvalue weighted by atomic mass is 10.2. The molecular weight excluding hydrogens is 224 g/mol. The van der Waals surface area contributed by atoms with E-state index in [0.29, 0.717) is 0 Å². The monoisotopic (exact) mass is 236 g/mol. The Morgan fingerprint density at radius 3 is 2.60 bits per heavy atom. The summed E-state index contributed by atoms with van der Waals surface area (Å²) in [7, 11) is 0. The van der Waals surface area contributed by atoms with E-state index in [9.17, 15) is 0 Å². The van der Waals surface area contributed by atoms with Crippen molar-refractivity contribution in [2.24, 2.45) is 0 Å². The van der Waals surface area contributed by atoms with E-state index < -0.39 is 0 Å². The number of nitrogens with zero attached hydrogens (tertiary/aromatic N) is 1. The molecule has 0 amide bonds. The van der Waals surface area contributed by atoms with E-state index in [2.05, 4.69) is 17.3 Å².